The van der Waals surface area contributed by atoms with Crippen LogP contribution in [0, 0.1) is 0 Å². The Labute approximate surface area is 102 Å². The van der Waals surface area contributed by atoms with Gasteiger partial charge in [0.2, 0.25) is 0 Å². The minimum atomic E-state index is -0.370. The van der Waals surface area contributed by atoms with E-state index in [1.54, 1.807) is 6.20 Å². The van der Waals surface area contributed by atoms with Gasteiger partial charge in [-0.05, 0) is 17.0 Å². The number of carbonyl (C=O) groups is 1. The molecule has 3 nitrogen and oxygen atoms in total. The second-order valence-electron chi connectivity index (χ2n) is 4.80. The predicted octanol–water partition coefficient (Wildman–Crippen LogP) is 3.08. The number of esters is 1. The molecule has 0 saturated carbocycles. The van der Waals surface area contributed by atoms with E-state index >= 15 is 0 Å². The fourth-order valence-electron chi connectivity index (χ4n) is 1.53. The Kier molecular flexibility index (Phi) is 4.32. The van der Waals surface area contributed by atoms with E-state index in [1.807, 2.05) is 18.2 Å². The van der Waals surface area contributed by atoms with Gasteiger partial charge in [-0.25, -0.2) is 4.79 Å². The highest BCUT2D eigenvalue weighted by atomic mass is 16.5. The van der Waals surface area contributed by atoms with Crippen LogP contribution in [0.15, 0.2) is 36.5 Å². The van der Waals surface area contributed by atoms with Gasteiger partial charge in [0.25, 0.3) is 0 Å². The van der Waals surface area contributed by atoms with Crippen molar-refractivity contribution in [3.05, 3.63) is 42.1 Å². The zero-order valence-corrected chi connectivity index (χ0v) is 10.8. The van der Waals surface area contributed by atoms with E-state index in [-0.39, 0.29) is 11.4 Å². The summed E-state index contributed by atoms with van der Waals surface area (Å²) in [6.07, 6.45) is 2.95. The first-order valence-electron chi connectivity index (χ1n) is 5.55. The Hall–Kier alpha value is -1.77. The lowest BCUT2D eigenvalue weighted by molar-refractivity contribution is -0.134. The minimum Gasteiger partial charge on any atom is -0.466 e. The van der Waals surface area contributed by atoms with E-state index in [0.717, 1.165) is 5.69 Å². The van der Waals surface area contributed by atoms with Crippen molar-refractivity contribution in [1.82, 2.24) is 0 Å². The van der Waals surface area contributed by atoms with Crippen LogP contribution in [-0.4, -0.2) is 13.1 Å². The molecule has 0 unspecified atom stereocenters. The van der Waals surface area contributed by atoms with Crippen molar-refractivity contribution < 1.29 is 9.53 Å². The Morgan fingerprint density at radius 2 is 1.94 bits per heavy atom. The summed E-state index contributed by atoms with van der Waals surface area (Å²) in [4.78, 5) is 10.9. The van der Waals surface area contributed by atoms with Gasteiger partial charge in [-0.3, -0.25) is 0 Å². The summed E-state index contributed by atoms with van der Waals surface area (Å²) in [5.74, 6) is -0.370. The quantitative estimate of drug-likeness (QED) is 0.644. The van der Waals surface area contributed by atoms with E-state index in [1.165, 1.54) is 18.7 Å². The maximum absolute atomic E-state index is 10.9. The van der Waals surface area contributed by atoms with Gasteiger partial charge >= 0.3 is 5.97 Å². The van der Waals surface area contributed by atoms with Crippen LogP contribution < -0.4 is 5.32 Å². The topological polar surface area (TPSA) is 38.3 Å². The zero-order valence-electron chi connectivity index (χ0n) is 10.8. The Bertz CT molecular complexity index is 416. The first kappa shape index (κ1) is 13.3. The number of carbonyl (C=O) groups excluding carboxylic acids is 1. The largest absolute Gasteiger partial charge is 0.466 e. The normalized spacial score (nSPS) is 11.5. The number of ether oxygens (including phenoxy) is 1. The van der Waals surface area contributed by atoms with Crippen molar-refractivity contribution in [2.75, 3.05) is 12.4 Å². The van der Waals surface area contributed by atoms with Crippen LogP contribution in [0.1, 0.15) is 26.3 Å². The Morgan fingerprint density at radius 1 is 1.29 bits per heavy atom. The Balaban J connectivity index is 2.85. The summed E-state index contributed by atoms with van der Waals surface area (Å²) >= 11 is 0. The molecule has 92 valence electrons. The first-order chi connectivity index (χ1) is 7.95. The molecule has 0 fully saturated rings. The second-order valence-corrected chi connectivity index (χ2v) is 4.80. The summed E-state index contributed by atoms with van der Waals surface area (Å²) in [7, 11) is 1.36. The lowest BCUT2D eigenvalue weighted by Crippen LogP contribution is -2.13. The first-order valence-corrected chi connectivity index (χ1v) is 5.55. The molecule has 0 amide bonds. The number of para-hydroxylation sites is 1. The zero-order chi connectivity index (χ0) is 12.9. The van der Waals surface area contributed by atoms with Crippen molar-refractivity contribution in [3.8, 4) is 0 Å². The molecular weight excluding hydrogens is 214 g/mol. The molecular formula is C14H19NO2. The van der Waals surface area contributed by atoms with Gasteiger partial charge in [0.05, 0.1) is 7.11 Å². The van der Waals surface area contributed by atoms with Crippen molar-refractivity contribution in [1.29, 1.82) is 0 Å². The number of rotatable bonds is 3. The van der Waals surface area contributed by atoms with Gasteiger partial charge in [-0.1, -0.05) is 39.0 Å². The van der Waals surface area contributed by atoms with Gasteiger partial charge in [-0.2, -0.15) is 0 Å². The molecule has 0 spiro atoms. The van der Waals surface area contributed by atoms with E-state index in [9.17, 15) is 4.79 Å². The maximum atomic E-state index is 10.9. The summed E-state index contributed by atoms with van der Waals surface area (Å²) in [6, 6.07) is 8.04. The molecule has 0 aliphatic carbocycles. The molecule has 0 aliphatic heterocycles. The van der Waals surface area contributed by atoms with Crippen LogP contribution in [0.4, 0.5) is 5.69 Å². The molecule has 0 saturated heterocycles. The third-order valence-corrected chi connectivity index (χ3v) is 2.39. The molecule has 0 aliphatic rings. The number of nitrogens with one attached hydrogen (secondary N) is 1. The monoisotopic (exact) mass is 233 g/mol. The van der Waals surface area contributed by atoms with Gasteiger partial charge in [0, 0.05) is 18.0 Å². The highest BCUT2D eigenvalue weighted by molar-refractivity contribution is 5.82. The molecule has 0 bridgehead atoms. The van der Waals surface area contributed by atoms with Crippen LogP contribution >= 0.6 is 0 Å². The van der Waals surface area contributed by atoms with Crippen LogP contribution in [-0.2, 0) is 14.9 Å². The fourth-order valence-corrected chi connectivity index (χ4v) is 1.53. The van der Waals surface area contributed by atoms with Crippen molar-refractivity contribution in [3.63, 3.8) is 0 Å². The number of methoxy groups -OCH3 is 1. The van der Waals surface area contributed by atoms with Gasteiger partial charge in [0.1, 0.15) is 0 Å². The number of anilines is 1. The highest BCUT2D eigenvalue weighted by Gasteiger charge is 2.16. The number of hydrogen-bond donors (Lipinski definition) is 1. The van der Waals surface area contributed by atoms with Crippen LogP contribution in [0.25, 0.3) is 0 Å². The Morgan fingerprint density at radius 3 is 2.53 bits per heavy atom. The molecule has 1 N–H and O–H groups in total. The summed E-state index contributed by atoms with van der Waals surface area (Å²) < 4.78 is 4.52. The summed E-state index contributed by atoms with van der Waals surface area (Å²) in [5.41, 5.74) is 2.26. The van der Waals surface area contributed by atoms with Gasteiger partial charge in [0.15, 0.2) is 0 Å². The fraction of sp³-hybridized carbons (Fsp3) is 0.357. The van der Waals surface area contributed by atoms with Crippen molar-refractivity contribution >= 4 is 11.7 Å². The van der Waals surface area contributed by atoms with Crippen LogP contribution in [0.3, 0.4) is 0 Å². The van der Waals surface area contributed by atoms with E-state index in [2.05, 4.69) is 36.9 Å². The minimum absolute atomic E-state index is 0.0582. The SMILES string of the molecule is COC(=O)/C=C/Nc1ccccc1C(C)(C)C. The maximum Gasteiger partial charge on any atom is 0.331 e. The highest BCUT2D eigenvalue weighted by Crippen LogP contribution is 2.29. The second kappa shape index (κ2) is 5.53. The van der Waals surface area contributed by atoms with Crippen LogP contribution in [0.2, 0.25) is 0 Å². The average molecular weight is 233 g/mol. The van der Waals surface area contributed by atoms with Gasteiger partial charge < -0.3 is 10.1 Å². The smallest absolute Gasteiger partial charge is 0.331 e. The molecule has 0 heterocycles. The molecule has 1 aromatic carbocycles. The third-order valence-electron chi connectivity index (χ3n) is 2.39. The van der Waals surface area contributed by atoms with E-state index in [0.29, 0.717) is 0 Å². The lowest BCUT2D eigenvalue weighted by atomic mass is 9.86. The van der Waals surface area contributed by atoms with E-state index < -0.39 is 0 Å². The van der Waals surface area contributed by atoms with E-state index in [4.69, 9.17) is 0 Å². The lowest BCUT2D eigenvalue weighted by Gasteiger charge is -2.22. The van der Waals surface area contributed by atoms with Crippen LogP contribution in [0.5, 0.6) is 0 Å². The average Bonchev–Trinajstić information content (AvgIpc) is 2.28. The number of benzene rings is 1. The standard InChI is InChI=1S/C14H19NO2/c1-14(2,3)11-7-5-6-8-12(11)15-10-9-13(16)17-4/h5-10,15H,1-4H3/b10-9+. The third kappa shape index (κ3) is 3.94. The predicted molar refractivity (Wildman–Crippen MR) is 69.9 cm³/mol. The van der Waals surface area contributed by atoms with Crippen molar-refractivity contribution in [2.45, 2.75) is 26.2 Å². The molecule has 0 radical (unpaired) electrons. The molecule has 0 atom stereocenters. The molecule has 0 aromatic heterocycles. The van der Waals surface area contributed by atoms with Gasteiger partial charge in [-0.15, -0.1) is 0 Å². The summed E-state index contributed by atoms with van der Waals surface area (Å²) in [6.45, 7) is 6.45. The molecule has 1 rings (SSSR count). The molecule has 17 heavy (non-hydrogen) atoms. The molecule has 3 heteroatoms. The summed E-state index contributed by atoms with van der Waals surface area (Å²) in [5, 5.41) is 3.10. The number of hydrogen-bond acceptors (Lipinski definition) is 3. The molecule has 1 aromatic rings. The van der Waals surface area contributed by atoms with Crippen molar-refractivity contribution in [2.24, 2.45) is 0 Å².